The van der Waals surface area contributed by atoms with Crippen LogP contribution < -0.4 is 38.8 Å². The summed E-state index contributed by atoms with van der Waals surface area (Å²) in [6.45, 7) is 18.2. The number of carbonyl (C=O) groups is 2. The van der Waals surface area contributed by atoms with Crippen molar-refractivity contribution in [3.63, 3.8) is 0 Å². The lowest BCUT2D eigenvalue weighted by Crippen LogP contribution is -2.25. The summed E-state index contributed by atoms with van der Waals surface area (Å²) in [7, 11) is 0. The molecule has 0 saturated heterocycles. The average Bonchev–Trinajstić information content (AvgIpc) is 3.57. The molecule has 0 unspecified atom stereocenters. The van der Waals surface area contributed by atoms with Gasteiger partial charge in [-0.2, -0.15) is 10.1 Å². The van der Waals surface area contributed by atoms with Gasteiger partial charge in [-0.15, -0.1) is 0 Å². The lowest BCUT2D eigenvalue weighted by Gasteiger charge is -2.11. The van der Waals surface area contributed by atoms with E-state index in [0.29, 0.717) is 119 Å². The van der Waals surface area contributed by atoms with Crippen LogP contribution in [0.15, 0.2) is 133 Å². The summed E-state index contributed by atoms with van der Waals surface area (Å²) in [5.74, 6) is 5.38. The van der Waals surface area contributed by atoms with E-state index in [1.54, 1.807) is 42.7 Å². The number of hydrogen-bond donors (Lipinski definition) is 8. The number of aromatic amines is 1. The molecule has 456 valence electrons. The minimum atomic E-state index is -0.452. The number of halogens is 2. The van der Waals surface area contributed by atoms with Crippen LogP contribution in [0.5, 0.6) is 0 Å². The van der Waals surface area contributed by atoms with Crippen molar-refractivity contribution in [2.24, 2.45) is 31.7 Å². The number of amides is 1. The van der Waals surface area contributed by atoms with Gasteiger partial charge in [0.05, 0.1) is 71.3 Å². The fourth-order valence-electron chi connectivity index (χ4n) is 7.61. The van der Waals surface area contributed by atoms with Gasteiger partial charge >= 0.3 is 0 Å². The number of ether oxygens (including phenoxy) is 4. The first kappa shape index (κ1) is 70.7. The fourth-order valence-corrected chi connectivity index (χ4v) is 7.99. The van der Waals surface area contributed by atoms with E-state index in [2.05, 4.69) is 83.6 Å². The van der Waals surface area contributed by atoms with E-state index < -0.39 is 5.56 Å². The number of nitrogen functional groups attached to an aromatic ring is 1. The van der Waals surface area contributed by atoms with Crippen LogP contribution in [0.1, 0.15) is 101 Å². The summed E-state index contributed by atoms with van der Waals surface area (Å²) in [5.41, 5.74) is 20.6. The van der Waals surface area contributed by atoms with Gasteiger partial charge in [0.15, 0.2) is 11.2 Å². The molecule has 1 amide bonds. The van der Waals surface area contributed by atoms with Gasteiger partial charge in [-0.1, -0.05) is 68.1 Å². The van der Waals surface area contributed by atoms with Gasteiger partial charge in [0.2, 0.25) is 5.95 Å². The maximum atomic E-state index is 12.7. The molecule has 0 radical (unpaired) electrons. The van der Waals surface area contributed by atoms with Crippen LogP contribution in [0, 0.1) is 0 Å². The molecule has 0 atom stereocenters. The third-order valence-corrected chi connectivity index (χ3v) is 12.8. The van der Waals surface area contributed by atoms with Crippen LogP contribution in [-0.2, 0) is 36.7 Å². The molecular formula is C60H84Cl2N14O8. The number of carboxylic acid groups (broad SMARTS) is 1. The van der Waals surface area contributed by atoms with Crippen molar-refractivity contribution in [1.29, 1.82) is 0 Å². The van der Waals surface area contributed by atoms with Crippen LogP contribution in [0.2, 0.25) is 10.0 Å². The molecule has 2 aromatic carbocycles. The molecule has 22 nitrogen and oxygen atoms in total. The number of H-pyrrole nitrogens is 1. The Morgan fingerprint density at radius 3 is 2.15 bits per heavy atom. The highest BCUT2D eigenvalue weighted by Gasteiger charge is 2.10. The van der Waals surface area contributed by atoms with Crippen molar-refractivity contribution in [1.82, 2.24) is 30.6 Å². The number of nitrogens with two attached hydrogens (primary N) is 3. The van der Waals surface area contributed by atoms with E-state index in [9.17, 15) is 9.59 Å². The summed E-state index contributed by atoms with van der Waals surface area (Å²) >= 11 is 12.6. The number of hydrogen-bond acceptors (Lipinski definition) is 19. The molecule has 0 spiro atoms. The zero-order valence-electron chi connectivity index (χ0n) is 48.8. The Morgan fingerprint density at radius 2 is 1.50 bits per heavy atom. The van der Waals surface area contributed by atoms with Gasteiger partial charge in [-0.25, -0.2) is 9.97 Å². The first-order valence-corrected chi connectivity index (χ1v) is 28.7. The van der Waals surface area contributed by atoms with Crippen molar-refractivity contribution in [2.75, 3.05) is 90.1 Å². The topological polar surface area (TPSA) is 326 Å². The summed E-state index contributed by atoms with van der Waals surface area (Å²) < 4.78 is 22.5. The van der Waals surface area contributed by atoms with Gasteiger partial charge in [0.1, 0.15) is 5.71 Å². The molecule has 0 fully saturated rings. The Labute approximate surface area is 503 Å². The number of fused-ring (bicyclic) bond motifs is 1. The zero-order chi connectivity index (χ0) is 61.2. The molecule has 2 aromatic heterocycles. The molecule has 84 heavy (non-hydrogen) atoms. The van der Waals surface area contributed by atoms with Gasteiger partial charge in [-0.05, 0) is 125 Å². The number of benzene rings is 2. The molecule has 0 bridgehead atoms. The number of allylic oxidation sites excluding steroid dienone is 8. The van der Waals surface area contributed by atoms with E-state index in [1.807, 2.05) is 38.3 Å². The molecule has 0 aliphatic rings. The third kappa shape index (κ3) is 29.6. The van der Waals surface area contributed by atoms with E-state index in [-0.39, 0.29) is 36.1 Å². The van der Waals surface area contributed by atoms with Crippen molar-refractivity contribution >= 4 is 82.2 Å². The average molecular weight is 1200 g/mol. The normalized spacial score (nSPS) is 12.7. The van der Waals surface area contributed by atoms with E-state index >= 15 is 0 Å². The molecular weight excluding hydrogens is 1120 g/mol. The Kier molecular flexibility index (Phi) is 36.3. The molecule has 0 aliphatic carbocycles. The number of aromatic nitrogens is 4. The van der Waals surface area contributed by atoms with Crippen LogP contribution in [0.3, 0.4) is 0 Å². The van der Waals surface area contributed by atoms with Crippen LogP contribution >= 0.6 is 23.2 Å². The minimum absolute atomic E-state index is 0.0167. The molecule has 4 rings (SSSR count). The van der Waals surface area contributed by atoms with Crippen molar-refractivity contribution in [2.45, 2.75) is 92.0 Å². The Hall–Kier alpha value is -7.60. The van der Waals surface area contributed by atoms with E-state index in [1.165, 1.54) is 6.20 Å². The number of unbranched alkanes of at least 4 members (excludes halogenated alkanes) is 3. The highest BCUT2D eigenvalue weighted by molar-refractivity contribution is 6.33. The van der Waals surface area contributed by atoms with Crippen LogP contribution in [0.25, 0.3) is 11.2 Å². The predicted octanol–water partition coefficient (Wildman–Crippen LogP) is 8.73. The SMILES string of the molecule is C=C(CCCNC(=O)c1ccc(NCc2cnc3nc(N)[nH]c(=O)c3n2)cc1)NCCOCCOCCOCCOC/C(C=NCCCCCCN=CC(=C\N)/C(/C=C\C(CCC)=N/C(C)=C(\C)Cc1cc(Cl)ccc1Cl)=C/C)=N/N.O=CO. The number of anilines is 2. The summed E-state index contributed by atoms with van der Waals surface area (Å²) in [6, 6.07) is 12.6. The number of hydrazone groups is 1. The standard InChI is InChI=1S/C59H82Cl2N14O6.CH2O2/c1-6-13-51(71-44(5)42(3)34-47-35-49(60)18-22-54(47)61)21-15-45(7-2)48(36-62)37-65-23-10-8-9-11-24-66-38-53(75-64)41-81-33-32-80-31-30-79-29-28-78-27-26-67-43(4)14-12-25-68-57(76)46-16-19-50(20-17-46)69-39-52-40-70-56-55(72-52)58(77)74-59(63)73-56;2-1-3/h7,15-22,35-38,40,67,69H,4,6,8-14,23-34,39,41,62,64H2,1-3,5H3,(H,68,76)(H3,63,70,73,74,77);1H,(H,2,3)/b21-15-,44-42+,45-7+,48-36+,65-37?,66-38?,71-51-,75-53+;. The van der Waals surface area contributed by atoms with Crippen molar-refractivity contribution < 1.29 is 33.6 Å². The third-order valence-electron chi connectivity index (χ3n) is 12.2. The molecule has 0 saturated carbocycles. The maximum absolute atomic E-state index is 12.7. The smallest absolute Gasteiger partial charge is 0.290 e. The Bertz CT molecular complexity index is 2960. The monoisotopic (exact) mass is 1200 g/mol. The van der Waals surface area contributed by atoms with Crippen molar-refractivity contribution in [3.05, 3.63) is 145 Å². The second-order valence-corrected chi connectivity index (χ2v) is 19.6. The van der Waals surface area contributed by atoms with Gasteiger partial charge in [0, 0.05) is 88.8 Å². The quantitative estimate of drug-likeness (QED) is 0.00515. The number of carbonyl (C=O) groups excluding carboxylic acids is 1. The van der Waals surface area contributed by atoms with Gasteiger partial charge in [-0.3, -0.25) is 34.3 Å². The number of nitrogens with one attached hydrogen (secondary N) is 4. The van der Waals surface area contributed by atoms with E-state index in [4.69, 9.17) is 74.4 Å². The fraction of sp³-hybridized carbons (Fsp3) is 0.433. The summed E-state index contributed by atoms with van der Waals surface area (Å²) in [4.78, 5) is 62.1. The number of aliphatic imine (C=N–C) groups is 3. The lowest BCUT2D eigenvalue weighted by atomic mass is 10.0. The molecule has 24 heteroatoms. The maximum Gasteiger partial charge on any atom is 0.290 e. The summed E-state index contributed by atoms with van der Waals surface area (Å²) in [6.07, 6.45) is 20.7. The zero-order valence-corrected chi connectivity index (χ0v) is 50.4. The lowest BCUT2D eigenvalue weighted by molar-refractivity contribution is -0.122. The number of rotatable bonds is 40. The second-order valence-electron chi connectivity index (χ2n) is 18.7. The first-order chi connectivity index (χ1) is 40.7. The second kappa shape index (κ2) is 43.1. The van der Waals surface area contributed by atoms with Gasteiger partial charge < -0.3 is 57.3 Å². The van der Waals surface area contributed by atoms with E-state index in [0.717, 1.165) is 90.0 Å². The molecule has 4 aromatic rings. The van der Waals surface area contributed by atoms with Crippen LogP contribution in [-0.4, -0.2) is 140 Å². The van der Waals surface area contributed by atoms with Gasteiger partial charge in [0.25, 0.3) is 17.9 Å². The largest absolute Gasteiger partial charge is 0.483 e. The highest BCUT2D eigenvalue weighted by Crippen LogP contribution is 2.25. The highest BCUT2D eigenvalue weighted by atomic mass is 35.5. The Morgan fingerprint density at radius 1 is 0.833 bits per heavy atom. The first-order valence-electron chi connectivity index (χ1n) is 27.9. The Balaban J connectivity index is 0.00000603. The van der Waals surface area contributed by atoms with Crippen molar-refractivity contribution in [3.8, 4) is 0 Å². The number of nitrogens with zero attached hydrogens (tertiary/aromatic N) is 7. The van der Waals surface area contributed by atoms with Crippen LogP contribution in [0.4, 0.5) is 11.6 Å². The predicted molar refractivity (Wildman–Crippen MR) is 340 cm³/mol. The minimum Gasteiger partial charge on any atom is -0.483 e. The molecule has 11 N–H and O–H groups in total. The summed E-state index contributed by atoms with van der Waals surface area (Å²) in [5, 5.41) is 21.5. The molecule has 0 aliphatic heterocycles. The molecule has 2 heterocycles.